The van der Waals surface area contributed by atoms with Crippen LogP contribution in [0.25, 0.3) is 0 Å². The quantitative estimate of drug-likeness (QED) is 0.764. The Balaban J connectivity index is 1.88. The summed E-state index contributed by atoms with van der Waals surface area (Å²) in [6.07, 6.45) is 1.95. The van der Waals surface area contributed by atoms with E-state index in [1.165, 1.54) is 19.2 Å². The highest BCUT2D eigenvalue weighted by molar-refractivity contribution is 7.89. The van der Waals surface area contributed by atoms with Gasteiger partial charge in [0.05, 0.1) is 6.54 Å². The minimum absolute atomic E-state index is 0.0385. The summed E-state index contributed by atoms with van der Waals surface area (Å²) < 4.78 is 40.9. The number of hydrogen-bond donors (Lipinski definition) is 2. The Hall–Kier alpha value is -2.10. The number of hydrogen-bond acceptors (Lipinski definition) is 6. The Morgan fingerprint density at radius 3 is 2.64 bits per heavy atom. The molecule has 1 saturated heterocycles. The van der Waals surface area contributed by atoms with Gasteiger partial charge in [-0.05, 0) is 50.6 Å². The molecular formula is C19H26FN5O2S. The Morgan fingerprint density at radius 2 is 1.96 bits per heavy atom. The van der Waals surface area contributed by atoms with Crippen LogP contribution in [0.2, 0.25) is 0 Å². The van der Waals surface area contributed by atoms with Gasteiger partial charge >= 0.3 is 0 Å². The molecule has 2 aromatic rings. The Bertz CT molecular complexity index is 945. The van der Waals surface area contributed by atoms with Gasteiger partial charge in [0.2, 0.25) is 10.0 Å². The standard InChI is InChI=1S/C19H26FN5O2S/c1-13-4-5-15(20)17(10-13)28(26,27)25(3)12-19-23-16(11-18(21-2)24-19)14-6-8-22-9-7-14/h4-5,10-11,14,22H,6-9,12H2,1-3H3,(H,21,23,24). The third-order valence-corrected chi connectivity index (χ3v) is 6.76. The molecule has 1 fully saturated rings. The second-order valence-electron chi connectivity index (χ2n) is 7.06. The van der Waals surface area contributed by atoms with Crippen molar-refractivity contribution in [3.63, 3.8) is 0 Å². The molecule has 0 saturated carbocycles. The van der Waals surface area contributed by atoms with Gasteiger partial charge < -0.3 is 10.6 Å². The van der Waals surface area contributed by atoms with Gasteiger partial charge in [-0.25, -0.2) is 22.8 Å². The fourth-order valence-electron chi connectivity index (χ4n) is 3.30. The van der Waals surface area contributed by atoms with Crippen LogP contribution in [-0.2, 0) is 16.6 Å². The highest BCUT2D eigenvalue weighted by atomic mass is 32.2. The van der Waals surface area contributed by atoms with Crippen LogP contribution < -0.4 is 10.6 Å². The van der Waals surface area contributed by atoms with Crippen molar-refractivity contribution < 1.29 is 12.8 Å². The smallest absolute Gasteiger partial charge is 0.246 e. The van der Waals surface area contributed by atoms with Gasteiger partial charge in [0.25, 0.3) is 0 Å². The number of anilines is 1. The van der Waals surface area contributed by atoms with E-state index >= 15 is 0 Å². The van der Waals surface area contributed by atoms with Crippen molar-refractivity contribution in [3.05, 3.63) is 47.2 Å². The minimum atomic E-state index is -4.00. The van der Waals surface area contributed by atoms with Gasteiger partial charge in [0, 0.05) is 31.8 Å². The predicted molar refractivity (Wildman–Crippen MR) is 106 cm³/mol. The number of nitrogens with zero attached hydrogens (tertiary/aromatic N) is 3. The lowest BCUT2D eigenvalue weighted by Gasteiger charge is -2.23. The number of nitrogens with one attached hydrogen (secondary N) is 2. The highest BCUT2D eigenvalue weighted by Crippen LogP contribution is 2.26. The van der Waals surface area contributed by atoms with Crippen LogP contribution in [0.15, 0.2) is 29.2 Å². The fraction of sp³-hybridized carbons (Fsp3) is 0.474. The SMILES string of the molecule is CNc1cc(C2CCNCC2)nc(CN(C)S(=O)(=O)c2cc(C)ccc2F)n1. The highest BCUT2D eigenvalue weighted by Gasteiger charge is 2.26. The third kappa shape index (κ3) is 4.48. The molecule has 7 nitrogen and oxygen atoms in total. The zero-order valence-electron chi connectivity index (χ0n) is 16.4. The van der Waals surface area contributed by atoms with E-state index < -0.39 is 15.8 Å². The lowest BCUT2D eigenvalue weighted by Crippen LogP contribution is -2.29. The zero-order chi connectivity index (χ0) is 20.3. The van der Waals surface area contributed by atoms with Crippen LogP contribution >= 0.6 is 0 Å². The van der Waals surface area contributed by atoms with E-state index in [9.17, 15) is 12.8 Å². The first-order valence-corrected chi connectivity index (χ1v) is 10.7. The molecule has 28 heavy (non-hydrogen) atoms. The van der Waals surface area contributed by atoms with Crippen molar-refractivity contribution in [1.82, 2.24) is 19.6 Å². The molecule has 0 atom stereocenters. The predicted octanol–water partition coefficient (Wildman–Crippen LogP) is 2.25. The van der Waals surface area contributed by atoms with Crippen molar-refractivity contribution in [1.29, 1.82) is 0 Å². The molecule has 1 aromatic heterocycles. The minimum Gasteiger partial charge on any atom is -0.373 e. The number of sulfonamides is 1. The van der Waals surface area contributed by atoms with Crippen LogP contribution in [0.4, 0.5) is 10.2 Å². The summed E-state index contributed by atoms with van der Waals surface area (Å²) in [4.78, 5) is 8.67. The first kappa shape index (κ1) is 20.6. The van der Waals surface area contributed by atoms with E-state index in [-0.39, 0.29) is 11.4 Å². The Kier molecular flexibility index (Phi) is 6.26. The topological polar surface area (TPSA) is 87.2 Å². The Labute approximate surface area is 165 Å². The Morgan fingerprint density at radius 1 is 1.25 bits per heavy atom. The molecule has 152 valence electrons. The molecule has 1 aliphatic rings. The van der Waals surface area contributed by atoms with Gasteiger partial charge in [0.1, 0.15) is 22.4 Å². The first-order chi connectivity index (χ1) is 13.3. The lowest BCUT2D eigenvalue weighted by atomic mass is 9.94. The molecule has 2 heterocycles. The van der Waals surface area contributed by atoms with Crippen molar-refractivity contribution in [2.75, 3.05) is 32.5 Å². The number of benzene rings is 1. The number of aromatic nitrogens is 2. The molecule has 2 N–H and O–H groups in total. The first-order valence-electron chi connectivity index (χ1n) is 9.30. The van der Waals surface area contributed by atoms with Crippen LogP contribution in [0.3, 0.4) is 0 Å². The molecule has 1 aliphatic heterocycles. The summed E-state index contributed by atoms with van der Waals surface area (Å²) in [7, 11) is -0.822. The number of rotatable bonds is 6. The van der Waals surface area contributed by atoms with Gasteiger partial charge in [-0.2, -0.15) is 4.31 Å². The summed E-state index contributed by atoms with van der Waals surface area (Å²) in [5.74, 6) is 0.578. The molecule has 1 aromatic carbocycles. The summed E-state index contributed by atoms with van der Waals surface area (Å²) in [6, 6.07) is 5.96. The maximum Gasteiger partial charge on any atom is 0.246 e. The molecule has 0 spiro atoms. The van der Waals surface area contributed by atoms with Gasteiger partial charge in [0.15, 0.2) is 0 Å². The van der Waals surface area contributed by atoms with Crippen LogP contribution in [0.5, 0.6) is 0 Å². The van der Waals surface area contributed by atoms with E-state index in [2.05, 4.69) is 20.6 Å². The van der Waals surface area contributed by atoms with Crippen LogP contribution in [0.1, 0.15) is 35.8 Å². The van der Waals surface area contributed by atoms with Gasteiger partial charge in [-0.1, -0.05) is 6.07 Å². The van der Waals surface area contributed by atoms with E-state index in [0.29, 0.717) is 23.1 Å². The number of halogens is 1. The monoisotopic (exact) mass is 407 g/mol. The van der Waals surface area contributed by atoms with Crippen molar-refractivity contribution in [2.45, 2.75) is 37.1 Å². The van der Waals surface area contributed by atoms with Crippen LogP contribution in [-0.4, -0.2) is 49.9 Å². The van der Waals surface area contributed by atoms with Crippen LogP contribution in [0, 0.1) is 12.7 Å². The summed E-state index contributed by atoms with van der Waals surface area (Å²) in [5, 5.41) is 6.34. The maximum atomic E-state index is 14.1. The normalized spacial score (nSPS) is 15.8. The fourth-order valence-corrected chi connectivity index (χ4v) is 4.57. The van der Waals surface area contributed by atoms with E-state index in [0.717, 1.165) is 35.9 Å². The lowest BCUT2D eigenvalue weighted by molar-refractivity contribution is 0.438. The summed E-state index contributed by atoms with van der Waals surface area (Å²) in [5.41, 5.74) is 1.58. The van der Waals surface area contributed by atoms with E-state index in [4.69, 9.17) is 0 Å². The number of aryl methyl sites for hydroxylation is 1. The molecule has 0 aliphatic carbocycles. The molecule has 0 radical (unpaired) electrons. The van der Waals surface area contributed by atoms with Gasteiger partial charge in [-0.15, -0.1) is 0 Å². The van der Waals surface area contributed by atoms with Gasteiger partial charge in [-0.3, -0.25) is 0 Å². The van der Waals surface area contributed by atoms with E-state index in [1.54, 1.807) is 20.0 Å². The second kappa shape index (κ2) is 8.50. The van der Waals surface area contributed by atoms with Crippen molar-refractivity contribution in [2.24, 2.45) is 0 Å². The molecule has 0 amide bonds. The average molecular weight is 408 g/mol. The molecule has 9 heteroatoms. The van der Waals surface area contributed by atoms with Crippen molar-refractivity contribution >= 4 is 15.8 Å². The summed E-state index contributed by atoms with van der Waals surface area (Å²) in [6.45, 7) is 3.55. The number of piperidine rings is 1. The maximum absolute atomic E-state index is 14.1. The molecule has 3 rings (SSSR count). The van der Waals surface area contributed by atoms with E-state index in [1.807, 2.05) is 6.07 Å². The summed E-state index contributed by atoms with van der Waals surface area (Å²) >= 11 is 0. The largest absolute Gasteiger partial charge is 0.373 e. The molecular weight excluding hydrogens is 381 g/mol. The zero-order valence-corrected chi connectivity index (χ0v) is 17.2. The second-order valence-corrected chi connectivity index (χ2v) is 9.08. The molecule has 0 unspecified atom stereocenters. The molecule has 0 bridgehead atoms. The van der Waals surface area contributed by atoms with Crippen molar-refractivity contribution in [3.8, 4) is 0 Å². The third-order valence-electron chi connectivity index (χ3n) is 4.94. The average Bonchev–Trinajstić information content (AvgIpc) is 2.70.